The molecule has 0 fully saturated rings. The maximum absolute atomic E-state index is 10.1. The zero-order chi connectivity index (χ0) is 14.0. The molecule has 3 N–H and O–H groups in total. The molecule has 0 aliphatic rings. The third-order valence-electron chi connectivity index (χ3n) is 2.77. The molecule has 6 heteroatoms. The minimum Gasteiger partial charge on any atom is -0.507 e. The molecule has 1 aromatic heterocycles. The van der Waals surface area contributed by atoms with Gasteiger partial charge in [-0.25, -0.2) is 0 Å². The van der Waals surface area contributed by atoms with Crippen molar-refractivity contribution in [3.8, 4) is 17.1 Å². The number of aromatic hydroxyl groups is 1. The predicted octanol–water partition coefficient (Wildman–Crippen LogP) is 1.27. The maximum Gasteiger partial charge on any atom is 0.240 e. The number of rotatable bonds is 4. The van der Waals surface area contributed by atoms with E-state index in [9.17, 15) is 5.11 Å². The van der Waals surface area contributed by atoms with Gasteiger partial charge in [-0.3, -0.25) is 0 Å². The summed E-state index contributed by atoms with van der Waals surface area (Å²) in [6.07, 6.45) is 0. The Kier molecular flexibility index (Phi) is 3.82. The van der Waals surface area contributed by atoms with Crippen LogP contribution in [0.4, 0.5) is 0 Å². The molecular formula is C13H18N4O2. The van der Waals surface area contributed by atoms with Crippen molar-refractivity contribution in [1.29, 1.82) is 0 Å². The number of phenols is 1. The molecule has 0 bridgehead atoms. The zero-order valence-electron chi connectivity index (χ0n) is 11.3. The third-order valence-corrected chi connectivity index (χ3v) is 2.77. The minimum absolute atomic E-state index is 0.217. The molecule has 0 radical (unpaired) electrons. The quantitative estimate of drug-likeness (QED) is 0.862. The number of nitrogens with zero attached hydrogens (tertiary/aromatic N) is 3. The second-order valence-corrected chi connectivity index (χ2v) is 4.75. The Morgan fingerprint density at radius 2 is 2.11 bits per heavy atom. The van der Waals surface area contributed by atoms with Crippen molar-refractivity contribution in [3.63, 3.8) is 0 Å². The normalized spacial score (nSPS) is 11.2. The van der Waals surface area contributed by atoms with Gasteiger partial charge >= 0.3 is 0 Å². The molecular weight excluding hydrogens is 244 g/mol. The van der Waals surface area contributed by atoms with Crippen molar-refractivity contribution in [3.05, 3.63) is 29.2 Å². The highest BCUT2D eigenvalue weighted by atomic mass is 16.5. The molecule has 2 rings (SSSR count). The molecule has 0 atom stereocenters. The number of hydrogen-bond acceptors (Lipinski definition) is 6. The first kappa shape index (κ1) is 13.5. The van der Waals surface area contributed by atoms with Crippen LogP contribution in [0.25, 0.3) is 11.4 Å². The van der Waals surface area contributed by atoms with Gasteiger partial charge in [0.15, 0.2) is 0 Å². The summed E-state index contributed by atoms with van der Waals surface area (Å²) in [5.74, 6) is 1.19. The molecule has 0 saturated carbocycles. The fourth-order valence-electron chi connectivity index (χ4n) is 1.90. The van der Waals surface area contributed by atoms with E-state index in [0.29, 0.717) is 24.0 Å². The van der Waals surface area contributed by atoms with E-state index in [-0.39, 0.29) is 6.54 Å². The van der Waals surface area contributed by atoms with Crippen LogP contribution in [-0.4, -0.2) is 34.2 Å². The first-order valence-electron chi connectivity index (χ1n) is 6.01. The van der Waals surface area contributed by atoms with Crippen LogP contribution in [0.1, 0.15) is 17.0 Å². The van der Waals surface area contributed by atoms with Crippen LogP contribution in [0.2, 0.25) is 0 Å². The van der Waals surface area contributed by atoms with Crippen molar-refractivity contribution in [2.24, 2.45) is 5.73 Å². The monoisotopic (exact) mass is 262 g/mol. The lowest BCUT2D eigenvalue weighted by atomic mass is 10.0. The summed E-state index contributed by atoms with van der Waals surface area (Å²) in [6.45, 7) is 2.71. The highest BCUT2D eigenvalue weighted by Gasteiger charge is 2.13. The van der Waals surface area contributed by atoms with Crippen LogP contribution in [0.3, 0.4) is 0 Å². The van der Waals surface area contributed by atoms with Crippen LogP contribution >= 0.6 is 0 Å². The Balaban J connectivity index is 2.43. The van der Waals surface area contributed by atoms with Gasteiger partial charge in [0.05, 0.1) is 6.54 Å². The van der Waals surface area contributed by atoms with Gasteiger partial charge < -0.3 is 20.3 Å². The molecule has 102 valence electrons. The van der Waals surface area contributed by atoms with E-state index in [1.807, 2.05) is 38.1 Å². The van der Waals surface area contributed by atoms with Crippen molar-refractivity contribution in [2.75, 3.05) is 14.1 Å². The van der Waals surface area contributed by atoms with Gasteiger partial charge in [0.2, 0.25) is 11.7 Å². The van der Waals surface area contributed by atoms with Gasteiger partial charge in [0.25, 0.3) is 0 Å². The molecule has 0 aliphatic carbocycles. The summed E-state index contributed by atoms with van der Waals surface area (Å²) in [5.41, 5.74) is 7.88. The second-order valence-electron chi connectivity index (χ2n) is 4.75. The molecule has 19 heavy (non-hydrogen) atoms. The lowest BCUT2D eigenvalue weighted by Crippen LogP contribution is -2.11. The summed E-state index contributed by atoms with van der Waals surface area (Å²) in [4.78, 5) is 6.18. The molecule has 1 aromatic carbocycles. The van der Waals surface area contributed by atoms with Crippen LogP contribution in [0.5, 0.6) is 5.75 Å². The summed E-state index contributed by atoms with van der Waals surface area (Å²) in [5, 5.41) is 13.9. The number of hydrogen-bond donors (Lipinski definition) is 2. The summed E-state index contributed by atoms with van der Waals surface area (Å²) >= 11 is 0. The van der Waals surface area contributed by atoms with Crippen LogP contribution in [0.15, 0.2) is 16.7 Å². The van der Waals surface area contributed by atoms with E-state index < -0.39 is 0 Å². The van der Waals surface area contributed by atoms with Crippen molar-refractivity contribution >= 4 is 0 Å². The number of phenolic OH excluding ortho intramolecular Hbond substituents is 1. The average molecular weight is 262 g/mol. The Morgan fingerprint density at radius 1 is 1.37 bits per heavy atom. The lowest BCUT2D eigenvalue weighted by Gasteiger charge is -2.13. The summed E-state index contributed by atoms with van der Waals surface area (Å²) < 4.78 is 5.00. The van der Waals surface area contributed by atoms with Gasteiger partial charge in [-0.2, -0.15) is 4.98 Å². The first-order valence-corrected chi connectivity index (χ1v) is 6.01. The smallest absolute Gasteiger partial charge is 0.240 e. The lowest BCUT2D eigenvalue weighted by molar-refractivity contribution is 0.380. The predicted molar refractivity (Wildman–Crippen MR) is 71.4 cm³/mol. The van der Waals surface area contributed by atoms with Crippen LogP contribution in [-0.2, 0) is 13.1 Å². The number of aromatic nitrogens is 2. The van der Waals surface area contributed by atoms with E-state index in [1.165, 1.54) is 0 Å². The molecule has 0 saturated heterocycles. The molecule has 0 spiro atoms. The second kappa shape index (κ2) is 5.38. The third kappa shape index (κ3) is 2.91. The summed E-state index contributed by atoms with van der Waals surface area (Å²) in [6, 6.07) is 3.70. The Hall–Kier alpha value is -1.92. The van der Waals surface area contributed by atoms with Crippen molar-refractivity contribution in [1.82, 2.24) is 15.0 Å². The van der Waals surface area contributed by atoms with Gasteiger partial charge in [0.1, 0.15) is 5.75 Å². The standard InChI is InChI=1S/C13H18N4O2/c1-8-4-9(13-15-11(6-14)19-16-13)5-10(12(8)18)7-17(2)3/h4-5,18H,6-7,14H2,1-3H3. The van der Waals surface area contributed by atoms with Gasteiger partial charge in [-0.15, -0.1) is 0 Å². The Bertz CT molecular complexity index is 578. The highest BCUT2D eigenvalue weighted by molar-refractivity contribution is 5.60. The topological polar surface area (TPSA) is 88.4 Å². The first-order chi connectivity index (χ1) is 9.01. The van der Waals surface area contributed by atoms with E-state index in [2.05, 4.69) is 10.1 Å². The van der Waals surface area contributed by atoms with Gasteiger partial charge in [-0.1, -0.05) is 5.16 Å². The zero-order valence-corrected chi connectivity index (χ0v) is 11.3. The average Bonchev–Trinajstić information content (AvgIpc) is 2.82. The molecule has 0 unspecified atom stereocenters. The van der Waals surface area contributed by atoms with Crippen LogP contribution < -0.4 is 5.73 Å². The number of nitrogens with two attached hydrogens (primary N) is 1. The Morgan fingerprint density at radius 3 is 2.68 bits per heavy atom. The fourth-order valence-corrected chi connectivity index (χ4v) is 1.90. The maximum atomic E-state index is 10.1. The summed E-state index contributed by atoms with van der Waals surface area (Å²) in [7, 11) is 3.89. The van der Waals surface area contributed by atoms with Crippen LogP contribution in [0, 0.1) is 6.92 Å². The fraction of sp³-hybridized carbons (Fsp3) is 0.385. The van der Waals surface area contributed by atoms with Gasteiger partial charge in [-0.05, 0) is 38.7 Å². The van der Waals surface area contributed by atoms with Crippen molar-refractivity contribution < 1.29 is 9.63 Å². The largest absolute Gasteiger partial charge is 0.507 e. The van der Waals surface area contributed by atoms with E-state index in [4.69, 9.17) is 10.3 Å². The molecule has 6 nitrogen and oxygen atoms in total. The van der Waals surface area contributed by atoms with Gasteiger partial charge in [0, 0.05) is 17.7 Å². The van der Waals surface area contributed by atoms with Crippen molar-refractivity contribution in [2.45, 2.75) is 20.0 Å². The molecule has 0 amide bonds. The van der Waals surface area contributed by atoms with E-state index in [1.54, 1.807) is 0 Å². The molecule has 2 aromatic rings. The number of benzene rings is 1. The Labute approximate surface area is 111 Å². The number of aryl methyl sites for hydroxylation is 1. The SMILES string of the molecule is Cc1cc(-c2noc(CN)n2)cc(CN(C)C)c1O. The van der Waals surface area contributed by atoms with E-state index in [0.717, 1.165) is 16.7 Å². The minimum atomic E-state index is 0.217. The highest BCUT2D eigenvalue weighted by Crippen LogP contribution is 2.29. The van der Waals surface area contributed by atoms with E-state index >= 15 is 0 Å². The molecule has 1 heterocycles. The molecule has 0 aliphatic heterocycles.